The molecule has 7 heteroatoms. The summed E-state index contributed by atoms with van der Waals surface area (Å²) < 4.78 is 20.0. The van der Waals surface area contributed by atoms with Crippen LogP contribution >= 0.6 is 0 Å². The summed E-state index contributed by atoms with van der Waals surface area (Å²) in [5, 5.41) is 0. The van der Waals surface area contributed by atoms with E-state index < -0.39 is 0 Å². The van der Waals surface area contributed by atoms with Crippen molar-refractivity contribution in [3.63, 3.8) is 0 Å². The van der Waals surface area contributed by atoms with Gasteiger partial charge in [0.2, 0.25) is 0 Å². The summed E-state index contributed by atoms with van der Waals surface area (Å²) in [7, 11) is 0. The monoisotopic (exact) mass is 498 g/mol. The number of fused-ring (bicyclic) bond motifs is 2. The first-order valence-electron chi connectivity index (χ1n) is 13.0. The van der Waals surface area contributed by atoms with Gasteiger partial charge in [-0.2, -0.15) is 0 Å². The van der Waals surface area contributed by atoms with Gasteiger partial charge in [-0.25, -0.2) is 14.2 Å². The van der Waals surface area contributed by atoms with Gasteiger partial charge in [0.05, 0.1) is 30.2 Å². The van der Waals surface area contributed by atoms with Crippen LogP contribution in [0.4, 0.5) is 9.18 Å². The number of amides is 2. The molecule has 0 radical (unpaired) electrons. The first-order chi connectivity index (χ1) is 18.0. The van der Waals surface area contributed by atoms with Crippen LogP contribution in [0.25, 0.3) is 22.2 Å². The number of ether oxygens (including phenoxy) is 1. The number of hydrogen-bond donors (Lipinski definition) is 1. The molecule has 0 spiro atoms. The Morgan fingerprint density at radius 2 is 1.86 bits per heavy atom. The quantitative estimate of drug-likeness (QED) is 0.342. The van der Waals surface area contributed by atoms with E-state index in [9.17, 15) is 9.18 Å². The maximum Gasteiger partial charge on any atom is 0.320 e. The van der Waals surface area contributed by atoms with Crippen molar-refractivity contribution in [3.05, 3.63) is 82.9 Å². The second-order valence-corrected chi connectivity index (χ2v) is 10.1. The lowest BCUT2D eigenvalue weighted by atomic mass is 9.94. The van der Waals surface area contributed by atoms with Gasteiger partial charge in [-0.15, -0.1) is 0 Å². The highest BCUT2D eigenvalue weighted by Gasteiger charge is 2.32. The predicted octanol–water partition coefficient (Wildman–Crippen LogP) is 6.53. The van der Waals surface area contributed by atoms with Crippen molar-refractivity contribution in [2.24, 2.45) is 0 Å². The number of hydrogen-bond acceptors (Lipinski definition) is 3. The van der Waals surface area contributed by atoms with Crippen LogP contribution in [-0.2, 0) is 6.54 Å². The van der Waals surface area contributed by atoms with E-state index in [-0.39, 0.29) is 17.9 Å². The number of halogens is 1. The van der Waals surface area contributed by atoms with Gasteiger partial charge in [-0.3, -0.25) is 0 Å². The molecule has 1 atom stereocenters. The molecule has 2 aliphatic rings. The number of urea groups is 1. The molecule has 0 saturated carbocycles. The smallest absolute Gasteiger partial charge is 0.320 e. The number of piperidine rings is 1. The zero-order valence-electron chi connectivity index (χ0n) is 21.3. The number of carbonyl (C=O) groups excluding carboxylic acids is 1. The first kappa shape index (κ1) is 23.5. The fourth-order valence-electron chi connectivity index (χ4n) is 5.62. The third kappa shape index (κ3) is 4.54. The molecule has 0 aliphatic carbocycles. The number of imidazole rings is 1. The molecule has 37 heavy (non-hydrogen) atoms. The van der Waals surface area contributed by atoms with Gasteiger partial charge in [0.1, 0.15) is 24.0 Å². The number of H-pyrrole nitrogens is 1. The van der Waals surface area contributed by atoms with Gasteiger partial charge in [0.25, 0.3) is 0 Å². The fourth-order valence-corrected chi connectivity index (χ4v) is 5.62. The van der Waals surface area contributed by atoms with Gasteiger partial charge in [0.15, 0.2) is 0 Å². The highest BCUT2D eigenvalue weighted by Crippen LogP contribution is 2.35. The van der Waals surface area contributed by atoms with Crippen LogP contribution in [0.2, 0.25) is 0 Å². The summed E-state index contributed by atoms with van der Waals surface area (Å²) in [4.78, 5) is 25.5. The number of aromatic amines is 1. The van der Waals surface area contributed by atoms with Crippen molar-refractivity contribution in [2.45, 2.75) is 45.7 Å². The lowest BCUT2D eigenvalue weighted by molar-refractivity contribution is 0.110. The van der Waals surface area contributed by atoms with Crippen molar-refractivity contribution in [1.82, 2.24) is 19.8 Å². The van der Waals surface area contributed by atoms with Gasteiger partial charge in [-0.1, -0.05) is 24.3 Å². The van der Waals surface area contributed by atoms with E-state index in [0.717, 1.165) is 64.1 Å². The zero-order chi connectivity index (χ0) is 25.5. The number of nitrogens with one attached hydrogen (secondary N) is 1. The topological polar surface area (TPSA) is 61.5 Å². The van der Waals surface area contributed by atoms with Gasteiger partial charge >= 0.3 is 6.03 Å². The Bertz CT molecular complexity index is 1480. The van der Waals surface area contributed by atoms with Crippen molar-refractivity contribution < 1.29 is 13.9 Å². The van der Waals surface area contributed by atoms with Crippen molar-refractivity contribution in [3.8, 4) is 16.9 Å². The lowest BCUT2D eigenvalue weighted by Gasteiger charge is -2.39. The molecule has 2 aliphatic heterocycles. The summed E-state index contributed by atoms with van der Waals surface area (Å²) in [6, 6.07) is 17.6. The standard InChI is InChI=1S/C30H31FN4O2/c1-19-15-23(6-9-25(19)31)28-5-3-4-12-35(28)30(36)34-13-14-37-29-11-8-21(16-24(29)18-34)22-7-10-26-27(17-22)33-20(2)32-26/h6-11,15-17,28H,3-5,12-14,18H2,1-2H3,(H,32,33). The molecule has 2 amide bonds. The van der Waals surface area contributed by atoms with Crippen LogP contribution in [-0.4, -0.2) is 45.5 Å². The Hall–Kier alpha value is -3.87. The van der Waals surface area contributed by atoms with Crippen LogP contribution in [0.3, 0.4) is 0 Å². The number of likely N-dealkylation sites (tertiary alicyclic amines) is 1. The van der Waals surface area contributed by atoms with E-state index in [1.54, 1.807) is 6.92 Å². The fraction of sp³-hybridized carbons (Fsp3) is 0.333. The van der Waals surface area contributed by atoms with Gasteiger partial charge in [-0.05, 0) is 85.7 Å². The largest absolute Gasteiger partial charge is 0.491 e. The Balaban J connectivity index is 1.27. The van der Waals surface area contributed by atoms with Crippen LogP contribution in [0.1, 0.15) is 47.8 Å². The van der Waals surface area contributed by atoms with Crippen LogP contribution in [0, 0.1) is 19.7 Å². The summed E-state index contributed by atoms with van der Waals surface area (Å²) in [5.41, 5.74) is 6.73. The molecule has 1 aromatic heterocycles. The predicted molar refractivity (Wildman–Crippen MR) is 142 cm³/mol. The second kappa shape index (κ2) is 9.54. The number of aromatic nitrogens is 2. The third-order valence-electron chi connectivity index (χ3n) is 7.56. The molecular weight excluding hydrogens is 467 g/mol. The number of nitrogens with zero attached hydrogens (tertiary/aromatic N) is 3. The summed E-state index contributed by atoms with van der Waals surface area (Å²) in [6.07, 6.45) is 2.92. The maximum absolute atomic E-state index is 13.9. The molecule has 1 fully saturated rings. The van der Waals surface area contributed by atoms with E-state index in [2.05, 4.69) is 34.2 Å². The van der Waals surface area contributed by atoms with Gasteiger partial charge in [0, 0.05) is 12.1 Å². The summed E-state index contributed by atoms with van der Waals surface area (Å²) in [6.45, 7) is 5.89. The Labute approximate surface area is 216 Å². The zero-order valence-corrected chi connectivity index (χ0v) is 21.3. The van der Waals surface area contributed by atoms with Crippen LogP contribution in [0.5, 0.6) is 5.75 Å². The van der Waals surface area contributed by atoms with E-state index in [0.29, 0.717) is 31.8 Å². The van der Waals surface area contributed by atoms with E-state index in [4.69, 9.17) is 4.74 Å². The van der Waals surface area contributed by atoms with Crippen LogP contribution < -0.4 is 4.74 Å². The minimum absolute atomic E-state index is 0.0166. The normalized spacial score (nSPS) is 17.9. The molecule has 1 N–H and O–H groups in total. The third-order valence-corrected chi connectivity index (χ3v) is 7.56. The Morgan fingerprint density at radius 1 is 1.03 bits per heavy atom. The van der Waals surface area contributed by atoms with Crippen LogP contribution in [0.15, 0.2) is 54.6 Å². The molecule has 6 nitrogen and oxygen atoms in total. The molecule has 4 aromatic rings. The van der Waals surface area contributed by atoms with Crippen molar-refractivity contribution >= 4 is 17.1 Å². The molecular formula is C30H31FN4O2. The summed E-state index contributed by atoms with van der Waals surface area (Å²) >= 11 is 0. The van der Waals surface area contributed by atoms with Crippen molar-refractivity contribution in [2.75, 3.05) is 19.7 Å². The number of carbonyl (C=O) groups is 1. The molecule has 1 saturated heterocycles. The lowest BCUT2D eigenvalue weighted by Crippen LogP contribution is -2.47. The Morgan fingerprint density at radius 3 is 2.73 bits per heavy atom. The summed E-state index contributed by atoms with van der Waals surface area (Å²) in [5.74, 6) is 1.50. The molecule has 6 rings (SSSR count). The minimum atomic E-state index is -0.212. The highest BCUT2D eigenvalue weighted by molar-refractivity contribution is 5.82. The van der Waals surface area contributed by atoms with E-state index in [1.807, 2.05) is 41.0 Å². The molecule has 3 aromatic carbocycles. The Kier molecular flexibility index (Phi) is 6.07. The minimum Gasteiger partial charge on any atom is -0.491 e. The maximum atomic E-state index is 13.9. The molecule has 190 valence electrons. The van der Waals surface area contributed by atoms with E-state index in [1.165, 1.54) is 6.07 Å². The average Bonchev–Trinajstić information content (AvgIpc) is 3.15. The van der Waals surface area contributed by atoms with Crippen molar-refractivity contribution in [1.29, 1.82) is 0 Å². The number of benzene rings is 3. The molecule has 1 unspecified atom stereocenters. The number of rotatable bonds is 2. The second-order valence-electron chi connectivity index (χ2n) is 10.1. The van der Waals surface area contributed by atoms with Gasteiger partial charge < -0.3 is 19.5 Å². The average molecular weight is 499 g/mol. The SMILES string of the molecule is Cc1nc2ccc(-c3ccc4c(c3)CN(C(=O)N3CCCCC3c3ccc(F)c(C)c3)CCO4)cc2[nH]1. The number of aryl methyl sites for hydroxylation is 2. The van der Waals surface area contributed by atoms with E-state index >= 15 is 0 Å². The first-order valence-corrected chi connectivity index (χ1v) is 13.0. The highest BCUT2D eigenvalue weighted by atomic mass is 19.1. The molecule has 3 heterocycles. The molecule has 0 bridgehead atoms.